The highest BCUT2D eigenvalue weighted by atomic mass is 35.5. The monoisotopic (exact) mass is 178 g/mol. The van der Waals surface area contributed by atoms with Crippen LogP contribution in [0, 0.1) is 6.92 Å². The SMILES string of the molecule is Cc1cccc2cccc(Cl)[n+]12. The Labute approximate surface area is 76.2 Å². The summed E-state index contributed by atoms with van der Waals surface area (Å²) in [6.45, 7) is 2.04. The van der Waals surface area contributed by atoms with Gasteiger partial charge in [-0.1, -0.05) is 0 Å². The van der Waals surface area contributed by atoms with Crippen molar-refractivity contribution in [2.75, 3.05) is 0 Å². The van der Waals surface area contributed by atoms with E-state index >= 15 is 0 Å². The van der Waals surface area contributed by atoms with Crippen molar-refractivity contribution in [1.82, 2.24) is 0 Å². The number of fused-ring (bicyclic) bond motifs is 1. The molecule has 2 aromatic rings. The molecule has 0 spiro atoms. The summed E-state index contributed by atoms with van der Waals surface area (Å²) in [5, 5.41) is 0.755. The summed E-state index contributed by atoms with van der Waals surface area (Å²) in [7, 11) is 0. The van der Waals surface area contributed by atoms with Gasteiger partial charge in [0.15, 0.2) is 5.69 Å². The maximum atomic E-state index is 6.03. The molecule has 2 aromatic heterocycles. The minimum atomic E-state index is 0.755. The lowest BCUT2D eigenvalue weighted by Crippen LogP contribution is -2.26. The summed E-state index contributed by atoms with van der Waals surface area (Å²) in [5.41, 5.74) is 2.28. The molecule has 0 aromatic carbocycles. The average Bonchev–Trinajstić information content (AvgIpc) is 2.04. The average molecular weight is 179 g/mol. The smallest absolute Gasteiger partial charge is 0.148 e. The minimum absolute atomic E-state index is 0.755. The lowest BCUT2D eigenvalue weighted by molar-refractivity contribution is -0.517. The van der Waals surface area contributed by atoms with E-state index in [4.69, 9.17) is 11.6 Å². The van der Waals surface area contributed by atoms with Gasteiger partial charge < -0.3 is 0 Å². The molecule has 0 N–H and O–H groups in total. The van der Waals surface area contributed by atoms with Crippen molar-refractivity contribution in [2.45, 2.75) is 6.92 Å². The Morgan fingerprint density at radius 3 is 2.42 bits per heavy atom. The van der Waals surface area contributed by atoms with Crippen molar-refractivity contribution >= 4 is 17.1 Å². The van der Waals surface area contributed by atoms with Gasteiger partial charge in [-0.3, -0.25) is 0 Å². The topological polar surface area (TPSA) is 4.10 Å². The molecule has 2 heterocycles. The molecule has 60 valence electrons. The van der Waals surface area contributed by atoms with E-state index in [1.165, 1.54) is 0 Å². The lowest BCUT2D eigenvalue weighted by Gasteiger charge is -1.94. The van der Waals surface area contributed by atoms with E-state index in [0.717, 1.165) is 16.4 Å². The quantitative estimate of drug-likeness (QED) is 0.431. The van der Waals surface area contributed by atoms with Gasteiger partial charge in [-0.15, -0.1) is 4.40 Å². The summed E-state index contributed by atoms with van der Waals surface area (Å²) in [6, 6.07) is 12.0. The molecule has 0 saturated carbocycles. The predicted molar refractivity (Wildman–Crippen MR) is 49.3 cm³/mol. The molecule has 2 heteroatoms. The number of aromatic nitrogens is 1. The molecule has 0 fully saturated rings. The Balaban J connectivity index is 2.96. The molecule has 2 rings (SSSR count). The summed E-state index contributed by atoms with van der Waals surface area (Å²) in [6.07, 6.45) is 0. The number of aryl methyl sites for hydroxylation is 1. The number of nitrogens with zero attached hydrogens (tertiary/aromatic N) is 1. The van der Waals surface area contributed by atoms with Crippen LogP contribution < -0.4 is 4.40 Å². The van der Waals surface area contributed by atoms with E-state index in [9.17, 15) is 0 Å². The highest BCUT2D eigenvalue weighted by Crippen LogP contribution is 2.06. The molecular weight excluding hydrogens is 170 g/mol. The Morgan fingerprint density at radius 2 is 1.75 bits per heavy atom. The van der Waals surface area contributed by atoms with Crippen LogP contribution in [-0.4, -0.2) is 0 Å². The first-order chi connectivity index (χ1) is 5.79. The number of halogens is 1. The van der Waals surface area contributed by atoms with E-state index in [1.807, 2.05) is 47.7 Å². The number of hydrogen-bond acceptors (Lipinski definition) is 0. The van der Waals surface area contributed by atoms with Crippen molar-refractivity contribution in [1.29, 1.82) is 0 Å². The summed E-state index contributed by atoms with van der Waals surface area (Å²) < 4.78 is 2.02. The summed E-state index contributed by atoms with van der Waals surface area (Å²) >= 11 is 6.03. The fraction of sp³-hybridized carbons (Fsp3) is 0.100. The zero-order valence-electron chi connectivity index (χ0n) is 6.79. The molecular formula is C10H9ClN+. The zero-order valence-corrected chi connectivity index (χ0v) is 7.55. The Morgan fingerprint density at radius 1 is 1.08 bits per heavy atom. The zero-order chi connectivity index (χ0) is 8.55. The molecule has 0 bridgehead atoms. The molecule has 1 nitrogen and oxygen atoms in total. The lowest BCUT2D eigenvalue weighted by atomic mass is 10.3. The third-order valence-corrected chi connectivity index (χ3v) is 2.22. The van der Waals surface area contributed by atoms with E-state index in [-0.39, 0.29) is 0 Å². The second-order valence-corrected chi connectivity index (χ2v) is 3.16. The van der Waals surface area contributed by atoms with Gasteiger partial charge in [-0.05, 0) is 23.7 Å². The van der Waals surface area contributed by atoms with E-state index in [0.29, 0.717) is 0 Å². The number of pyridine rings is 2. The van der Waals surface area contributed by atoms with Gasteiger partial charge in [0.1, 0.15) is 0 Å². The molecule has 0 saturated heterocycles. The second-order valence-electron chi connectivity index (χ2n) is 2.78. The van der Waals surface area contributed by atoms with Gasteiger partial charge in [0.05, 0.1) is 0 Å². The Bertz CT molecular complexity index is 386. The molecule has 0 aliphatic carbocycles. The fourth-order valence-corrected chi connectivity index (χ4v) is 1.66. The van der Waals surface area contributed by atoms with Crippen molar-refractivity contribution < 1.29 is 4.40 Å². The maximum absolute atomic E-state index is 6.03. The van der Waals surface area contributed by atoms with Crippen LogP contribution in [0.25, 0.3) is 5.52 Å². The highest BCUT2D eigenvalue weighted by Gasteiger charge is 2.08. The Kier molecular flexibility index (Phi) is 1.74. The molecule has 0 atom stereocenters. The predicted octanol–water partition coefficient (Wildman–Crippen LogP) is 2.39. The van der Waals surface area contributed by atoms with Crippen molar-refractivity contribution in [3.8, 4) is 0 Å². The van der Waals surface area contributed by atoms with Gasteiger partial charge in [0.2, 0.25) is 5.52 Å². The highest BCUT2D eigenvalue weighted by molar-refractivity contribution is 6.28. The Hall–Kier alpha value is -1.08. The first-order valence-corrected chi connectivity index (χ1v) is 4.23. The molecule has 0 amide bonds. The van der Waals surface area contributed by atoms with Gasteiger partial charge >= 0.3 is 0 Å². The maximum Gasteiger partial charge on any atom is 0.280 e. The molecule has 12 heavy (non-hydrogen) atoms. The van der Waals surface area contributed by atoms with Crippen molar-refractivity contribution in [3.05, 3.63) is 47.2 Å². The van der Waals surface area contributed by atoms with E-state index in [2.05, 4.69) is 0 Å². The van der Waals surface area contributed by atoms with Crippen molar-refractivity contribution in [3.63, 3.8) is 0 Å². The van der Waals surface area contributed by atoms with Crippen LogP contribution in [0.15, 0.2) is 36.4 Å². The van der Waals surface area contributed by atoms with Crippen LogP contribution in [0.2, 0.25) is 5.15 Å². The van der Waals surface area contributed by atoms with Crippen LogP contribution in [-0.2, 0) is 0 Å². The first kappa shape index (κ1) is 7.56. The molecule has 0 unspecified atom stereocenters. The fourth-order valence-electron chi connectivity index (χ4n) is 1.36. The van der Waals surface area contributed by atoms with Gasteiger partial charge in [-0.2, -0.15) is 0 Å². The van der Waals surface area contributed by atoms with Crippen LogP contribution in [0.4, 0.5) is 0 Å². The van der Waals surface area contributed by atoms with Gasteiger partial charge in [-0.25, -0.2) is 0 Å². The van der Waals surface area contributed by atoms with Gasteiger partial charge in [0, 0.05) is 31.2 Å². The third kappa shape index (κ3) is 1.07. The standard InChI is InChI=1S/C10H9ClN/c1-8-4-2-5-9-6-3-7-10(11)12(8)9/h2-7H,1H3/q+1. The largest absolute Gasteiger partial charge is 0.280 e. The normalized spacial score (nSPS) is 10.5. The van der Waals surface area contributed by atoms with Crippen LogP contribution in [0.5, 0.6) is 0 Å². The van der Waals surface area contributed by atoms with E-state index < -0.39 is 0 Å². The number of hydrogen-bond donors (Lipinski definition) is 0. The summed E-state index contributed by atoms with van der Waals surface area (Å²) in [5.74, 6) is 0. The summed E-state index contributed by atoms with van der Waals surface area (Å²) in [4.78, 5) is 0. The molecule has 0 aliphatic heterocycles. The van der Waals surface area contributed by atoms with Crippen LogP contribution >= 0.6 is 11.6 Å². The third-order valence-electron chi connectivity index (χ3n) is 1.93. The van der Waals surface area contributed by atoms with E-state index in [1.54, 1.807) is 0 Å². The minimum Gasteiger partial charge on any atom is -0.148 e. The van der Waals surface area contributed by atoms with Crippen LogP contribution in [0.3, 0.4) is 0 Å². The number of rotatable bonds is 0. The first-order valence-electron chi connectivity index (χ1n) is 3.85. The second kappa shape index (κ2) is 2.76. The molecule has 0 aliphatic rings. The van der Waals surface area contributed by atoms with Crippen molar-refractivity contribution in [2.24, 2.45) is 0 Å². The van der Waals surface area contributed by atoms with Gasteiger partial charge in [0.25, 0.3) is 5.15 Å². The van der Waals surface area contributed by atoms with Crippen LogP contribution in [0.1, 0.15) is 5.69 Å². The molecule has 0 radical (unpaired) electrons.